The third-order valence-electron chi connectivity index (χ3n) is 3.90. The lowest BCUT2D eigenvalue weighted by atomic mass is 9.99. The van der Waals surface area contributed by atoms with Gasteiger partial charge in [0, 0.05) is 6.04 Å². The quantitative estimate of drug-likeness (QED) is 0.747. The topological polar surface area (TPSA) is 84.2 Å². The normalized spacial score (nSPS) is 16.9. The van der Waals surface area contributed by atoms with Crippen molar-refractivity contribution in [3.8, 4) is 0 Å². The number of hydrogen-bond acceptors (Lipinski definition) is 3. The molecule has 5 heteroatoms. The van der Waals surface area contributed by atoms with Gasteiger partial charge in [-0.2, -0.15) is 0 Å². The number of nitrogens with one attached hydrogen (secondary N) is 2. The summed E-state index contributed by atoms with van der Waals surface area (Å²) in [6.45, 7) is 3.94. The fraction of sp³-hybridized carbons (Fsp3) is 0.500. The van der Waals surface area contributed by atoms with Crippen molar-refractivity contribution in [2.24, 2.45) is 11.7 Å². The summed E-state index contributed by atoms with van der Waals surface area (Å²) in [5.41, 5.74) is 6.92. The maximum Gasteiger partial charge on any atom is 0.253 e. The minimum Gasteiger partial charge on any atom is -0.349 e. The molecular formula is C16H23N3O2. The van der Waals surface area contributed by atoms with Gasteiger partial charge in [-0.3, -0.25) is 9.59 Å². The van der Waals surface area contributed by atoms with Crippen molar-refractivity contribution in [1.29, 1.82) is 0 Å². The third-order valence-corrected chi connectivity index (χ3v) is 3.90. The SMILES string of the molecule is CCC(C)[C@H](N)C(=O)Nc1ccccc1C(=O)NC1CC1. The van der Waals surface area contributed by atoms with E-state index in [1.807, 2.05) is 13.8 Å². The first-order valence-electron chi connectivity index (χ1n) is 7.49. The Hall–Kier alpha value is -1.88. The molecule has 4 N–H and O–H groups in total. The first kappa shape index (κ1) is 15.5. The Morgan fingerprint density at radius 2 is 2.00 bits per heavy atom. The van der Waals surface area contributed by atoms with Crippen LogP contribution < -0.4 is 16.4 Å². The summed E-state index contributed by atoms with van der Waals surface area (Å²) in [5.74, 6) is -0.306. The molecule has 0 heterocycles. The van der Waals surface area contributed by atoms with Crippen molar-refractivity contribution in [2.45, 2.75) is 45.2 Å². The number of hydrogen-bond donors (Lipinski definition) is 3. The molecular weight excluding hydrogens is 266 g/mol. The first-order valence-corrected chi connectivity index (χ1v) is 7.49. The monoisotopic (exact) mass is 289 g/mol. The number of benzene rings is 1. The Balaban J connectivity index is 2.08. The minimum absolute atomic E-state index is 0.0949. The van der Waals surface area contributed by atoms with Gasteiger partial charge in [0.25, 0.3) is 5.91 Å². The Morgan fingerprint density at radius 1 is 1.33 bits per heavy atom. The van der Waals surface area contributed by atoms with E-state index in [-0.39, 0.29) is 23.8 Å². The molecule has 5 nitrogen and oxygen atoms in total. The van der Waals surface area contributed by atoms with E-state index in [0.717, 1.165) is 19.3 Å². The van der Waals surface area contributed by atoms with Crippen LogP contribution in [0.2, 0.25) is 0 Å². The summed E-state index contributed by atoms with van der Waals surface area (Å²) in [4.78, 5) is 24.3. The molecule has 21 heavy (non-hydrogen) atoms. The van der Waals surface area contributed by atoms with Crippen molar-refractivity contribution >= 4 is 17.5 Å². The molecule has 1 unspecified atom stereocenters. The molecule has 2 rings (SSSR count). The van der Waals surface area contributed by atoms with Gasteiger partial charge in [-0.05, 0) is 30.9 Å². The van der Waals surface area contributed by atoms with E-state index >= 15 is 0 Å². The Labute approximate surface area is 125 Å². The number of amides is 2. The summed E-state index contributed by atoms with van der Waals surface area (Å²) in [6, 6.07) is 6.72. The van der Waals surface area contributed by atoms with Crippen molar-refractivity contribution in [3.05, 3.63) is 29.8 Å². The van der Waals surface area contributed by atoms with Crippen molar-refractivity contribution in [1.82, 2.24) is 5.32 Å². The van der Waals surface area contributed by atoms with Gasteiger partial charge in [0.15, 0.2) is 0 Å². The van der Waals surface area contributed by atoms with Gasteiger partial charge in [0.1, 0.15) is 0 Å². The Morgan fingerprint density at radius 3 is 2.62 bits per heavy atom. The summed E-state index contributed by atoms with van der Waals surface area (Å²) < 4.78 is 0. The van der Waals surface area contributed by atoms with Crippen molar-refractivity contribution in [3.63, 3.8) is 0 Å². The standard InChI is InChI=1S/C16H23N3O2/c1-3-10(2)14(17)16(21)19-13-7-5-4-6-12(13)15(20)18-11-8-9-11/h4-7,10-11,14H,3,8-9,17H2,1-2H3,(H,18,20)(H,19,21)/t10?,14-/m0/s1. The molecule has 1 aromatic rings. The van der Waals surface area contributed by atoms with Crippen LogP contribution in [0.5, 0.6) is 0 Å². The summed E-state index contributed by atoms with van der Waals surface area (Å²) >= 11 is 0. The number of nitrogens with two attached hydrogens (primary N) is 1. The molecule has 0 spiro atoms. The molecule has 1 fully saturated rings. The van der Waals surface area contributed by atoms with Gasteiger partial charge in [0.2, 0.25) is 5.91 Å². The largest absolute Gasteiger partial charge is 0.349 e. The van der Waals surface area contributed by atoms with E-state index < -0.39 is 6.04 Å². The highest BCUT2D eigenvalue weighted by atomic mass is 16.2. The lowest BCUT2D eigenvalue weighted by molar-refractivity contribution is -0.118. The van der Waals surface area contributed by atoms with Gasteiger partial charge in [0.05, 0.1) is 17.3 Å². The molecule has 1 aliphatic rings. The molecule has 0 radical (unpaired) electrons. The number of para-hydroxylation sites is 1. The van der Waals surface area contributed by atoms with E-state index in [2.05, 4.69) is 10.6 Å². The summed E-state index contributed by atoms with van der Waals surface area (Å²) in [6.07, 6.45) is 2.89. The average Bonchev–Trinajstić information content (AvgIpc) is 3.29. The average molecular weight is 289 g/mol. The van der Waals surface area contributed by atoms with Crippen LogP contribution in [0.25, 0.3) is 0 Å². The predicted molar refractivity (Wildman–Crippen MR) is 83.0 cm³/mol. The fourth-order valence-corrected chi connectivity index (χ4v) is 2.01. The van der Waals surface area contributed by atoms with E-state index in [1.165, 1.54) is 0 Å². The molecule has 0 saturated heterocycles. The van der Waals surface area contributed by atoms with Gasteiger partial charge in [-0.1, -0.05) is 32.4 Å². The van der Waals surface area contributed by atoms with Crippen LogP contribution in [0.1, 0.15) is 43.5 Å². The lowest BCUT2D eigenvalue weighted by Gasteiger charge is -2.19. The molecule has 2 atom stereocenters. The van der Waals surface area contributed by atoms with Crippen LogP contribution in [-0.4, -0.2) is 23.9 Å². The van der Waals surface area contributed by atoms with Crippen LogP contribution in [0.3, 0.4) is 0 Å². The number of carbonyl (C=O) groups excluding carboxylic acids is 2. The smallest absolute Gasteiger partial charge is 0.253 e. The second-order valence-electron chi connectivity index (χ2n) is 5.69. The van der Waals surface area contributed by atoms with Crippen molar-refractivity contribution < 1.29 is 9.59 Å². The second kappa shape index (κ2) is 6.72. The van der Waals surface area contributed by atoms with E-state index in [1.54, 1.807) is 24.3 Å². The molecule has 0 aromatic heterocycles. The highest BCUT2D eigenvalue weighted by Crippen LogP contribution is 2.22. The van der Waals surface area contributed by atoms with Gasteiger partial charge < -0.3 is 16.4 Å². The number of carbonyl (C=O) groups is 2. The van der Waals surface area contributed by atoms with Crippen LogP contribution in [0.4, 0.5) is 5.69 Å². The van der Waals surface area contributed by atoms with Crippen LogP contribution in [0, 0.1) is 5.92 Å². The molecule has 0 bridgehead atoms. The summed E-state index contributed by atoms with van der Waals surface area (Å²) in [7, 11) is 0. The van der Waals surface area contributed by atoms with E-state index in [4.69, 9.17) is 5.73 Å². The molecule has 114 valence electrons. The fourth-order valence-electron chi connectivity index (χ4n) is 2.01. The zero-order valence-corrected chi connectivity index (χ0v) is 12.6. The van der Waals surface area contributed by atoms with Crippen molar-refractivity contribution in [2.75, 3.05) is 5.32 Å². The van der Waals surface area contributed by atoms with Crippen LogP contribution in [0.15, 0.2) is 24.3 Å². The Kier molecular flexibility index (Phi) is 4.96. The van der Waals surface area contributed by atoms with E-state index in [9.17, 15) is 9.59 Å². The third kappa shape index (κ3) is 4.04. The van der Waals surface area contributed by atoms with Gasteiger partial charge in [-0.25, -0.2) is 0 Å². The maximum atomic E-state index is 12.2. The zero-order chi connectivity index (χ0) is 15.4. The highest BCUT2D eigenvalue weighted by molar-refractivity contribution is 6.05. The molecule has 0 aliphatic heterocycles. The van der Waals surface area contributed by atoms with E-state index in [0.29, 0.717) is 11.3 Å². The number of anilines is 1. The first-order chi connectivity index (χ1) is 10.0. The zero-order valence-electron chi connectivity index (χ0n) is 12.6. The minimum atomic E-state index is -0.574. The maximum absolute atomic E-state index is 12.2. The second-order valence-corrected chi connectivity index (χ2v) is 5.69. The summed E-state index contributed by atoms with van der Waals surface area (Å²) in [5, 5.41) is 5.70. The molecule has 1 aromatic carbocycles. The number of rotatable bonds is 6. The van der Waals surface area contributed by atoms with Crippen LogP contribution >= 0.6 is 0 Å². The van der Waals surface area contributed by atoms with Crippen LogP contribution in [-0.2, 0) is 4.79 Å². The molecule has 1 saturated carbocycles. The Bertz CT molecular complexity index is 526. The predicted octanol–water partition coefficient (Wildman–Crippen LogP) is 1.89. The highest BCUT2D eigenvalue weighted by Gasteiger charge is 2.26. The lowest BCUT2D eigenvalue weighted by Crippen LogP contribution is -2.41. The van der Waals surface area contributed by atoms with Gasteiger partial charge >= 0.3 is 0 Å². The molecule has 2 amide bonds. The van der Waals surface area contributed by atoms with Gasteiger partial charge in [-0.15, -0.1) is 0 Å². The molecule has 1 aliphatic carbocycles.